The van der Waals surface area contributed by atoms with E-state index in [0.29, 0.717) is 0 Å². The maximum absolute atomic E-state index is 10.7. The van der Waals surface area contributed by atoms with Crippen LogP contribution in [0.25, 0.3) is 0 Å². The molecule has 1 atom stereocenters. The van der Waals surface area contributed by atoms with Gasteiger partial charge in [0.15, 0.2) is 0 Å². The molecule has 1 unspecified atom stereocenters. The Labute approximate surface area is 102 Å². The van der Waals surface area contributed by atoms with Crippen molar-refractivity contribution >= 4 is 5.69 Å². The molecule has 0 aromatic heterocycles. The van der Waals surface area contributed by atoms with Crippen molar-refractivity contribution < 1.29 is 5.11 Å². The predicted molar refractivity (Wildman–Crippen MR) is 69.2 cm³/mol. The summed E-state index contributed by atoms with van der Waals surface area (Å²) in [5, 5.41) is 17.6. The highest BCUT2D eigenvalue weighted by molar-refractivity contribution is 5.54. The molecule has 3 nitrogen and oxygen atoms in total. The number of rotatable bonds is 1. The number of hydrogen-bond acceptors (Lipinski definition) is 3. The van der Waals surface area contributed by atoms with E-state index in [1.807, 2.05) is 0 Å². The van der Waals surface area contributed by atoms with Crippen LogP contribution in [-0.4, -0.2) is 29.8 Å². The second-order valence-electron chi connectivity index (χ2n) is 5.25. The van der Waals surface area contributed by atoms with Crippen molar-refractivity contribution in [3.8, 4) is 0 Å². The molecule has 0 bridgehead atoms. The van der Waals surface area contributed by atoms with E-state index in [2.05, 4.69) is 34.9 Å². The Hall–Kier alpha value is -1.06. The molecule has 0 aliphatic carbocycles. The number of para-hydroxylation sites is 1. The molecular formula is C14H20N2O. The van der Waals surface area contributed by atoms with Crippen LogP contribution in [0.3, 0.4) is 0 Å². The summed E-state index contributed by atoms with van der Waals surface area (Å²) in [6, 6.07) is 8.64. The van der Waals surface area contributed by atoms with Crippen molar-refractivity contribution in [1.29, 1.82) is 0 Å². The molecule has 3 N–H and O–H groups in total. The van der Waals surface area contributed by atoms with Crippen LogP contribution in [0.2, 0.25) is 0 Å². The molecule has 92 valence electrons. The number of anilines is 1. The standard InChI is InChI=1S/C14H20N2O/c17-14(7-9-15-10-8-14)13-6-5-11-3-1-2-4-12(11)16-13/h1-4,13,15-17H,5-10H2. The van der Waals surface area contributed by atoms with Crippen molar-refractivity contribution in [2.24, 2.45) is 0 Å². The highest BCUT2D eigenvalue weighted by Crippen LogP contribution is 2.33. The average molecular weight is 232 g/mol. The number of hydrogen-bond donors (Lipinski definition) is 3. The minimum absolute atomic E-state index is 0.208. The second kappa shape index (κ2) is 4.31. The van der Waals surface area contributed by atoms with Crippen LogP contribution in [0.1, 0.15) is 24.8 Å². The monoisotopic (exact) mass is 232 g/mol. The van der Waals surface area contributed by atoms with E-state index in [9.17, 15) is 5.11 Å². The number of fused-ring (bicyclic) bond motifs is 1. The summed E-state index contributed by atoms with van der Waals surface area (Å²) in [5.41, 5.74) is 2.05. The summed E-state index contributed by atoms with van der Waals surface area (Å²) in [6.45, 7) is 1.85. The summed E-state index contributed by atoms with van der Waals surface area (Å²) in [7, 11) is 0. The van der Waals surface area contributed by atoms with Gasteiger partial charge in [-0.25, -0.2) is 0 Å². The maximum Gasteiger partial charge on any atom is 0.0872 e. The minimum atomic E-state index is -0.529. The lowest BCUT2D eigenvalue weighted by Crippen LogP contribution is -2.54. The van der Waals surface area contributed by atoms with E-state index in [4.69, 9.17) is 0 Å². The van der Waals surface area contributed by atoms with Crippen molar-refractivity contribution in [3.05, 3.63) is 29.8 Å². The normalized spacial score (nSPS) is 27.0. The van der Waals surface area contributed by atoms with Gasteiger partial charge in [0.05, 0.1) is 11.6 Å². The Balaban J connectivity index is 1.79. The quantitative estimate of drug-likeness (QED) is 0.688. The Morgan fingerprint density at radius 3 is 2.76 bits per heavy atom. The van der Waals surface area contributed by atoms with Crippen LogP contribution < -0.4 is 10.6 Å². The first-order valence-electron chi connectivity index (χ1n) is 6.55. The van der Waals surface area contributed by atoms with Gasteiger partial charge < -0.3 is 15.7 Å². The molecule has 3 heteroatoms. The summed E-state index contributed by atoms with van der Waals surface area (Å²) < 4.78 is 0. The molecule has 1 aromatic carbocycles. The molecule has 17 heavy (non-hydrogen) atoms. The van der Waals surface area contributed by atoms with Crippen molar-refractivity contribution in [2.75, 3.05) is 18.4 Å². The van der Waals surface area contributed by atoms with Gasteiger partial charge in [-0.1, -0.05) is 18.2 Å². The van der Waals surface area contributed by atoms with Gasteiger partial charge in [-0.2, -0.15) is 0 Å². The molecule has 1 fully saturated rings. The molecule has 1 saturated heterocycles. The molecule has 0 radical (unpaired) electrons. The summed E-state index contributed by atoms with van der Waals surface area (Å²) >= 11 is 0. The number of piperidine rings is 1. The van der Waals surface area contributed by atoms with Gasteiger partial charge in [0.2, 0.25) is 0 Å². The van der Waals surface area contributed by atoms with Crippen molar-refractivity contribution in [2.45, 2.75) is 37.3 Å². The molecular weight excluding hydrogens is 212 g/mol. The number of aliphatic hydroxyl groups is 1. The molecule has 1 aromatic rings. The Kier molecular flexibility index (Phi) is 2.81. The van der Waals surface area contributed by atoms with Gasteiger partial charge in [0.25, 0.3) is 0 Å². The molecule has 0 spiro atoms. The first-order valence-corrected chi connectivity index (χ1v) is 6.55. The lowest BCUT2D eigenvalue weighted by atomic mass is 9.80. The molecule has 3 rings (SSSR count). The molecule has 2 heterocycles. The third-order valence-electron chi connectivity index (χ3n) is 4.17. The van der Waals surface area contributed by atoms with E-state index < -0.39 is 5.60 Å². The maximum atomic E-state index is 10.7. The van der Waals surface area contributed by atoms with Crippen LogP contribution in [0.15, 0.2) is 24.3 Å². The topological polar surface area (TPSA) is 44.3 Å². The Morgan fingerprint density at radius 2 is 1.94 bits per heavy atom. The van der Waals surface area contributed by atoms with Crippen molar-refractivity contribution in [3.63, 3.8) is 0 Å². The number of benzene rings is 1. The van der Waals surface area contributed by atoms with E-state index in [0.717, 1.165) is 38.8 Å². The Morgan fingerprint density at radius 1 is 1.18 bits per heavy atom. The van der Waals surface area contributed by atoms with E-state index in [-0.39, 0.29) is 6.04 Å². The van der Waals surface area contributed by atoms with E-state index >= 15 is 0 Å². The van der Waals surface area contributed by atoms with Gasteiger partial charge >= 0.3 is 0 Å². The largest absolute Gasteiger partial charge is 0.388 e. The Bertz CT molecular complexity index is 399. The lowest BCUT2D eigenvalue weighted by Gasteiger charge is -2.42. The highest BCUT2D eigenvalue weighted by atomic mass is 16.3. The van der Waals surface area contributed by atoms with Crippen molar-refractivity contribution in [1.82, 2.24) is 5.32 Å². The predicted octanol–water partition coefficient (Wildman–Crippen LogP) is 1.53. The van der Waals surface area contributed by atoms with Crippen LogP contribution in [0.4, 0.5) is 5.69 Å². The van der Waals surface area contributed by atoms with Gasteiger partial charge in [0.1, 0.15) is 0 Å². The first kappa shape index (κ1) is 11.1. The first-order chi connectivity index (χ1) is 8.28. The third kappa shape index (κ3) is 2.05. The molecule has 2 aliphatic rings. The average Bonchev–Trinajstić information content (AvgIpc) is 2.39. The number of nitrogens with one attached hydrogen (secondary N) is 2. The fourth-order valence-corrected chi connectivity index (χ4v) is 3.05. The zero-order valence-electron chi connectivity index (χ0n) is 10.1. The summed E-state index contributed by atoms with van der Waals surface area (Å²) in [4.78, 5) is 0. The lowest BCUT2D eigenvalue weighted by molar-refractivity contribution is -0.0102. The fraction of sp³-hybridized carbons (Fsp3) is 0.571. The summed E-state index contributed by atoms with van der Waals surface area (Å²) in [5.74, 6) is 0. The fourth-order valence-electron chi connectivity index (χ4n) is 3.05. The number of aryl methyl sites for hydroxylation is 1. The van der Waals surface area contributed by atoms with Crippen LogP contribution >= 0.6 is 0 Å². The zero-order valence-corrected chi connectivity index (χ0v) is 10.1. The SMILES string of the molecule is OC1(C2CCc3ccccc3N2)CCNCC1. The van der Waals surface area contributed by atoms with E-state index in [1.54, 1.807) is 0 Å². The van der Waals surface area contributed by atoms with Gasteiger partial charge in [-0.05, 0) is 50.4 Å². The second-order valence-corrected chi connectivity index (χ2v) is 5.25. The molecule has 0 saturated carbocycles. The van der Waals surface area contributed by atoms with Gasteiger partial charge in [0, 0.05) is 5.69 Å². The van der Waals surface area contributed by atoms with Crippen LogP contribution in [0.5, 0.6) is 0 Å². The summed E-state index contributed by atoms with van der Waals surface area (Å²) in [6.07, 6.45) is 3.82. The van der Waals surface area contributed by atoms with Crippen LogP contribution in [-0.2, 0) is 6.42 Å². The van der Waals surface area contributed by atoms with Crippen LogP contribution in [0, 0.1) is 0 Å². The van der Waals surface area contributed by atoms with Gasteiger partial charge in [-0.15, -0.1) is 0 Å². The van der Waals surface area contributed by atoms with E-state index in [1.165, 1.54) is 11.3 Å². The highest BCUT2D eigenvalue weighted by Gasteiger charge is 2.39. The zero-order chi connectivity index (χ0) is 11.7. The third-order valence-corrected chi connectivity index (χ3v) is 4.17. The van der Waals surface area contributed by atoms with Gasteiger partial charge in [-0.3, -0.25) is 0 Å². The minimum Gasteiger partial charge on any atom is -0.388 e. The molecule has 2 aliphatic heterocycles. The smallest absolute Gasteiger partial charge is 0.0872 e. The molecule has 0 amide bonds.